The van der Waals surface area contributed by atoms with E-state index in [1.807, 2.05) is 36.4 Å². The van der Waals surface area contributed by atoms with Gasteiger partial charge >= 0.3 is 0 Å². The molecule has 5 heteroatoms. The Morgan fingerprint density at radius 3 is 2.60 bits per heavy atom. The minimum Gasteiger partial charge on any atom is -0.493 e. The van der Waals surface area contributed by atoms with Crippen LogP contribution in [-0.4, -0.2) is 14.2 Å². The summed E-state index contributed by atoms with van der Waals surface area (Å²) >= 11 is 9.41. The highest BCUT2D eigenvalue weighted by molar-refractivity contribution is 9.10. The van der Waals surface area contributed by atoms with Crippen LogP contribution in [0.25, 0.3) is 0 Å². The average molecular weight is 357 g/mol. The van der Waals surface area contributed by atoms with Gasteiger partial charge in [-0.1, -0.05) is 23.7 Å². The number of nitrogens with one attached hydrogen (secondary N) is 1. The third kappa shape index (κ3) is 3.38. The van der Waals surface area contributed by atoms with Gasteiger partial charge in [0, 0.05) is 27.3 Å². The van der Waals surface area contributed by atoms with E-state index in [-0.39, 0.29) is 0 Å². The Bertz CT molecular complexity index is 604. The third-order valence-electron chi connectivity index (χ3n) is 2.88. The van der Waals surface area contributed by atoms with E-state index in [1.165, 1.54) is 0 Å². The predicted molar refractivity (Wildman–Crippen MR) is 86.0 cm³/mol. The number of hydrogen-bond acceptors (Lipinski definition) is 3. The quantitative estimate of drug-likeness (QED) is 0.840. The number of anilines is 1. The van der Waals surface area contributed by atoms with Crippen molar-refractivity contribution in [3.05, 3.63) is 51.5 Å². The first-order valence-electron chi connectivity index (χ1n) is 6.04. The van der Waals surface area contributed by atoms with E-state index < -0.39 is 0 Å². The van der Waals surface area contributed by atoms with Crippen LogP contribution in [0.5, 0.6) is 11.5 Å². The Hall–Kier alpha value is -1.39. The number of hydrogen-bond donors (Lipinski definition) is 1. The van der Waals surface area contributed by atoms with Crippen LogP contribution in [-0.2, 0) is 6.54 Å². The normalized spacial score (nSPS) is 10.2. The van der Waals surface area contributed by atoms with Gasteiger partial charge in [-0.3, -0.25) is 0 Å². The molecule has 0 aliphatic carbocycles. The van der Waals surface area contributed by atoms with Gasteiger partial charge < -0.3 is 14.8 Å². The van der Waals surface area contributed by atoms with E-state index in [9.17, 15) is 0 Å². The van der Waals surface area contributed by atoms with Gasteiger partial charge in [0.05, 0.1) is 14.2 Å². The highest BCUT2D eigenvalue weighted by Crippen LogP contribution is 2.32. The molecule has 0 radical (unpaired) electrons. The number of rotatable bonds is 5. The standard InChI is InChI=1S/C15H15BrClNO2/c1-19-14-5-3-4-10(15(14)20-2)9-18-13-7-6-11(17)8-12(13)16/h3-8,18H,9H2,1-2H3. The van der Waals surface area contributed by atoms with Gasteiger partial charge in [-0.05, 0) is 40.2 Å². The maximum atomic E-state index is 5.93. The first-order valence-corrected chi connectivity index (χ1v) is 7.21. The Morgan fingerprint density at radius 2 is 1.95 bits per heavy atom. The summed E-state index contributed by atoms with van der Waals surface area (Å²) in [6, 6.07) is 11.4. The lowest BCUT2D eigenvalue weighted by Crippen LogP contribution is -2.03. The SMILES string of the molecule is COc1cccc(CNc2ccc(Cl)cc2Br)c1OC. The summed E-state index contributed by atoms with van der Waals surface area (Å²) in [6.07, 6.45) is 0. The zero-order valence-electron chi connectivity index (χ0n) is 11.2. The van der Waals surface area contributed by atoms with E-state index in [4.69, 9.17) is 21.1 Å². The summed E-state index contributed by atoms with van der Waals surface area (Å²) in [4.78, 5) is 0. The number of benzene rings is 2. The molecule has 0 fully saturated rings. The summed E-state index contributed by atoms with van der Waals surface area (Å²) in [5.74, 6) is 1.47. The van der Waals surface area contributed by atoms with Gasteiger partial charge in [0.1, 0.15) is 0 Å². The molecule has 0 aliphatic heterocycles. The van der Waals surface area contributed by atoms with Crippen LogP contribution < -0.4 is 14.8 Å². The highest BCUT2D eigenvalue weighted by Gasteiger charge is 2.09. The molecule has 0 unspecified atom stereocenters. The van der Waals surface area contributed by atoms with Gasteiger partial charge in [-0.2, -0.15) is 0 Å². The van der Waals surface area contributed by atoms with E-state index in [0.717, 1.165) is 27.2 Å². The fourth-order valence-electron chi connectivity index (χ4n) is 1.92. The van der Waals surface area contributed by atoms with Crippen molar-refractivity contribution in [3.8, 4) is 11.5 Å². The van der Waals surface area contributed by atoms with Crippen molar-refractivity contribution < 1.29 is 9.47 Å². The predicted octanol–water partition coefficient (Wildman–Crippen LogP) is 4.73. The minimum absolute atomic E-state index is 0.626. The lowest BCUT2D eigenvalue weighted by Gasteiger charge is -2.14. The van der Waals surface area contributed by atoms with Gasteiger partial charge in [-0.25, -0.2) is 0 Å². The van der Waals surface area contributed by atoms with Gasteiger partial charge in [-0.15, -0.1) is 0 Å². The van der Waals surface area contributed by atoms with Gasteiger partial charge in [0.2, 0.25) is 0 Å². The third-order valence-corrected chi connectivity index (χ3v) is 3.78. The van der Waals surface area contributed by atoms with Gasteiger partial charge in [0.25, 0.3) is 0 Å². The molecule has 0 saturated heterocycles. The lowest BCUT2D eigenvalue weighted by molar-refractivity contribution is 0.352. The van der Waals surface area contributed by atoms with E-state index in [0.29, 0.717) is 11.6 Å². The zero-order chi connectivity index (χ0) is 14.5. The first kappa shape index (κ1) is 15.0. The second kappa shape index (κ2) is 6.86. The molecule has 20 heavy (non-hydrogen) atoms. The molecule has 0 bridgehead atoms. The van der Waals surface area contributed by atoms with Gasteiger partial charge in [0.15, 0.2) is 11.5 Å². The van der Waals surface area contributed by atoms with E-state index in [2.05, 4.69) is 21.2 Å². The number of halogens is 2. The van der Waals surface area contributed by atoms with E-state index >= 15 is 0 Å². The Morgan fingerprint density at radius 1 is 1.15 bits per heavy atom. The summed E-state index contributed by atoms with van der Waals surface area (Å²) in [5.41, 5.74) is 1.99. The van der Waals surface area contributed by atoms with Crippen LogP contribution in [0.15, 0.2) is 40.9 Å². The van der Waals surface area contributed by atoms with Crippen molar-refractivity contribution >= 4 is 33.2 Å². The fourth-order valence-corrected chi connectivity index (χ4v) is 2.74. The Kier molecular flexibility index (Phi) is 5.15. The zero-order valence-corrected chi connectivity index (χ0v) is 13.6. The molecule has 0 aromatic heterocycles. The molecule has 1 N–H and O–H groups in total. The molecule has 106 valence electrons. The Balaban J connectivity index is 2.18. The Labute approximate surface area is 132 Å². The van der Waals surface area contributed by atoms with E-state index in [1.54, 1.807) is 14.2 Å². The molecule has 2 rings (SSSR count). The van der Waals surface area contributed by atoms with Crippen molar-refractivity contribution in [2.75, 3.05) is 19.5 Å². The molecule has 2 aromatic carbocycles. The smallest absolute Gasteiger partial charge is 0.165 e. The summed E-state index contributed by atoms with van der Waals surface area (Å²) < 4.78 is 11.6. The molecular weight excluding hydrogens is 342 g/mol. The largest absolute Gasteiger partial charge is 0.493 e. The van der Waals surface area contributed by atoms with Crippen molar-refractivity contribution in [3.63, 3.8) is 0 Å². The molecule has 0 heterocycles. The van der Waals surface area contributed by atoms with Crippen LogP contribution >= 0.6 is 27.5 Å². The van der Waals surface area contributed by atoms with Crippen molar-refractivity contribution in [2.45, 2.75) is 6.54 Å². The van der Waals surface area contributed by atoms with Crippen molar-refractivity contribution in [2.24, 2.45) is 0 Å². The first-order chi connectivity index (χ1) is 9.65. The van der Waals surface area contributed by atoms with Crippen LogP contribution in [0.2, 0.25) is 5.02 Å². The fraction of sp³-hybridized carbons (Fsp3) is 0.200. The minimum atomic E-state index is 0.626. The number of para-hydroxylation sites is 1. The topological polar surface area (TPSA) is 30.5 Å². The second-order valence-electron chi connectivity index (χ2n) is 4.13. The molecule has 0 saturated carbocycles. The van der Waals surface area contributed by atoms with Crippen LogP contribution in [0.1, 0.15) is 5.56 Å². The lowest BCUT2D eigenvalue weighted by atomic mass is 10.1. The van der Waals surface area contributed by atoms with Crippen LogP contribution in [0, 0.1) is 0 Å². The van der Waals surface area contributed by atoms with Crippen molar-refractivity contribution in [1.82, 2.24) is 0 Å². The molecular formula is C15H15BrClNO2. The highest BCUT2D eigenvalue weighted by atomic mass is 79.9. The molecule has 0 aliphatic rings. The maximum absolute atomic E-state index is 5.93. The summed E-state index contributed by atoms with van der Waals surface area (Å²) in [6.45, 7) is 0.626. The van der Waals surface area contributed by atoms with Crippen LogP contribution in [0.3, 0.4) is 0 Å². The molecule has 0 amide bonds. The average Bonchev–Trinajstić information content (AvgIpc) is 2.45. The molecule has 0 atom stereocenters. The maximum Gasteiger partial charge on any atom is 0.165 e. The monoisotopic (exact) mass is 355 g/mol. The molecule has 0 spiro atoms. The van der Waals surface area contributed by atoms with Crippen molar-refractivity contribution in [1.29, 1.82) is 0 Å². The summed E-state index contributed by atoms with van der Waals surface area (Å²) in [5, 5.41) is 4.04. The number of methoxy groups -OCH3 is 2. The van der Waals surface area contributed by atoms with Crippen LogP contribution in [0.4, 0.5) is 5.69 Å². The summed E-state index contributed by atoms with van der Waals surface area (Å²) in [7, 11) is 3.27. The number of ether oxygens (including phenoxy) is 2. The molecule has 2 aromatic rings. The molecule has 3 nitrogen and oxygen atoms in total. The second-order valence-corrected chi connectivity index (χ2v) is 5.42.